The van der Waals surface area contributed by atoms with Crippen LogP contribution in [0.1, 0.15) is 65.7 Å². The lowest BCUT2D eigenvalue weighted by Gasteiger charge is -1.94. The summed E-state index contributed by atoms with van der Waals surface area (Å²) in [6.07, 6.45) is 16.2. The van der Waals surface area contributed by atoms with Crippen LogP contribution >= 0.6 is 0 Å². The van der Waals surface area contributed by atoms with Crippen LogP contribution in [0.5, 0.6) is 0 Å². The molecule has 0 fully saturated rings. The zero-order valence-corrected chi connectivity index (χ0v) is 10.2. The van der Waals surface area contributed by atoms with Gasteiger partial charge in [-0.2, -0.15) is 0 Å². The molecule has 0 nitrogen and oxygen atoms in total. The van der Waals surface area contributed by atoms with Crippen LogP contribution in [0, 0.1) is 0 Å². The first-order valence-electron chi connectivity index (χ1n) is 6.05. The normalized spacial score (nSPS) is 10.8. The van der Waals surface area contributed by atoms with Crippen molar-refractivity contribution >= 4 is 0 Å². The number of hydrogen-bond acceptors (Lipinski definition) is 0. The molecule has 0 heterocycles. The molecular formula is C14H26. The molecule has 0 radical (unpaired) electrons. The summed E-state index contributed by atoms with van der Waals surface area (Å²) < 4.78 is 0. The van der Waals surface area contributed by atoms with E-state index in [1.165, 1.54) is 50.5 Å². The average Bonchev–Trinajstić information content (AvgIpc) is 2.15. The molecule has 0 spiro atoms. The summed E-state index contributed by atoms with van der Waals surface area (Å²) in [7, 11) is 0. The van der Waals surface area contributed by atoms with Gasteiger partial charge in [0.2, 0.25) is 0 Å². The fraction of sp³-hybridized carbons (Fsp3) is 0.714. The van der Waals surface area contributed by atoms with Gasteiger partial charge in [0.05, 0.1) is 0 Å². The molecule has 82 valence electrons. The Morgan fingerprint density at radius 2 is 1.57 bits per heavy atom. The van der Waals surface area contributed by atoms with Crippen LogP contribution in [0.25, 0.3) is 0 Å². The summed E-state index contributed by atoms with van der Waals surface area (Å²) in [5.41, 5.74) is 1.43. The monoisotopic (exact) mass is 194 g/mol. The average molecular weight is 194 g/mol. The first kappa shape index (κ1) is 13.5. The lowest BCUT2D eigenvalue weighted by atomic mass is 10.1. The molecule has 0 N–H and O–H groups in total. The van der Waals surface area contributed by atoms with Gasteiger partial charge in [0.1, 0.15) is 0 Å². The van der Waals surface area contributed by atoms with Gasteiger partial charge in [0.15, 0.2) is 0 Å². The van der Waals surface area contributed by atoms with Crippen LogP contribution in [0.4, 0.5) is 0 Å². The quantitative estimate of drug-likeness (QED) is 0.365. The Hall–Kier alpha value is -0.520. The van der Waals surface area contributed by atoms with Crippen molar-refractivity contribution < 1.29 is 0 Å². The second-order valence-electron chi connectivity index (χ2n) is 4.18. The lowest BCUT2D eigenvalue weighted by molar-refractivity contribution is 0.674. The van der Waals surface area contributed by atoms with E-state index in [2.05, 4.69) is 39.0 Å². The van der Waals surface area contributed by atoms with Gasteiger partial charge in [-0.15, -0.1) is 0 Å². The fourth-order valence-corrected chi connectivity index (χ4v) is 1.39. The Labute approximate surface area is 90.1 Å². The molecule has 0 rings (SSSR count). The highest BCUT2D eigenvalue weighted by Crippen LogP contribution is 2.04. The molecule has 0 aliphatic heterocycles. The van der Waals surface area contributed by atoms with Crippen LogP contribution in [0.2, 0.25) is 0 Å². The summed E-state index contributed by atoms with van der Waals surface area (Å²) in [5.74, 6) is 0. The van der Waals surface area contributed by atoms with Crippen molar-refractivity contribution in [3.05, 3.63) is 23.8 Å². The number of unbranched alkanes of at least 4 members (excludes halogenated alkanes) is 5. The van der Waals surface area contributed by atoms with Gasteiger partial charge >= 0.3 is 0 Å². The van der Waals surface area contributed by atoms with Crippen LogP contribution in [0.3, 0.4) is 0 Å². The molecule has 0 aliphatic rings. The molecule has 14 heavy (non-hydrogen) atoms. The lowest BCUT2D eigenvalue weighted by Crippen LogP contribution is -1.74. The van der Waals surface area contributed by atoms with Crippen LogP contribution in [-0.2, 0) is 0 Å². The molecule has 0 saturated carbocycles. The van der Waals surface area contributed by atoms with E-state index in [0.717, 1.165) is 0 Å². The zero-order chi connectivity index (χ0) is 10.6. The Kier molecular flexibility index (Phi) is 10.2. The second kappa shape index (κ2) is 10.6. The molecule has 0 amide bonds. The van der Waals surface area contributed by atoms with Crippen LogP contribution < -0.4 is 0 Å². The molecule has 0 aliphatic carbocycles. The first-order valence-corrected chi connectivity index (χ1v) is 6.05. The van der Waals surface area contributed by atoms with E-state index in [0.29, 0.717) is 0 Å². The van der Waals surface area contributed by atoms with E-state index in [1.54, 1.807) is 0 Å². The van der Waals surface area contributed by atoms with Crippen molar-refractivity contribution in [2.75, 3.05) is 0 Å². The Balaban J connectivity index is 3.16. The van der Waals surface area contributed by atoms with E-state index in [-0.39, 0.29) is 0 Å². The predicted octanol–water partition coefficient (Wildman–Crippen LogP) is 5.26. The number of rotatable bonds is 8. The zero-order valence-electron chi connectivity index (χ0n) is 10.2. The topological polar surface area (TPSA) is 0 Å². The van der Waals surface area contributed by atoms with Crippen molar-refractivity contribution in [3.8, 4) is 0 Å². The molecule has 0 atom stereocenters. The molecule has 0 bridgehead atoms. The second-order valence-corrected chi connectivity index (χ2v) is 4.18. The molecule has 0 saturated heterocycles. The van der Waals surface area contributed by atoms with Gasteiger partial charge in [0, 0.05) is 0 Å². The summed E-state index contributed by atoms with van der Waals surface area (Å²) in [6.45, 7) is 6.58. The number of hydrogen-bond donors (Lipinski definition) is 0. The maximum Gasteiger partial charge on any atom is -0.0314 e. The van der Waals surface area contributed by atoms with E-state index in [4.69, 9.17) is 0 Å². The summed E-state index contributed by atoms with van der Waals surface area (Å²) in [4.78, 5) is 0. The van der Waals surface area contributed by atoms with Crippen molar-refractivity contribution in [3.63, 3.8) is 0 Å². The third-order valence-corrected chi connectivity index (χ3v) is 2.28. The van der Waals surface area contributed by atoms with Gasteiger partial charge in [-0.3, -0.25) is 0 Å². The van der Waals surface area contributed by atoms with Crippen molar-refractivity contribution in [2.24, 2.45) is 0 Å². The fourth-order valence-electron chi connectivity index (χ4n) is 1.39. The maximum atomic E-state index is 2.34. The summed E-state index contributed by atoms with van der Waals surface area (Å²) in [5, 5.41) is 0. The highest BCUT2D eigenvalue weighted by atomic mass is 13.9. The van der Waals surface area contributed by atoms with Crippen LogP contribution in [0.15, 0.2) is 23.8 Å². The molecule has 0 unspecified atom stereocenters. The van der Waals surface area contributed by atoms with E-state index in [1.807, 2.05) is 0 Å². The Morgan fingerprint density at radius 3 is 2.21 bits per heavy atom. The predicted molar refractivity (Wildman–Crippen MR) is 66.6 cm³/mol. The molecule has 0 aromatic heterocycles. The minimum Gasteiger partial charge on any atom is -0.0885 e. The van der Waals surface area contributed by atoms with Gasteiger partial charge in [-0.1, -0.05) is 50.0 Å². The van der Waals surface area contributed by atoms with Crippen molar-refractivity contribution in [1.29, 1.82) is 0 Å². The van der Waals surface area contributed by atoms with Gasteiger partial charge in [0.25, 0.3) is 0 Å². The maximum absolute atomic E-state index is 2.34. The highest BCUT2D eigenvalue weighted by molar-refractivity contribution is 4.94. The Bertz CT molecular complexity index is 159. The Morgan fingerprint density at radius 1 is 0.857 bits per heavy atom. The minimum absolute atomic E-state index is 1.20. The number of allylic oxidation sites excluding steroid dienone is 4. The first-order chi connectivity index (χ1) is 6.77. The highest BCUT2D eigenvalue weighted by Gasteiger charge is 1.84. The largest absolute Gasteiger partial charge is 0.0885 e. The standard InChI is InChI=1S/C14H26/c1-4-5-6-7-8-9-10-11-12-13-14(2)3/h9-10,13H,4-8,11-12H2,1-3H3. The smallest absolute Gasteiger partial charge is 0.0314 e. The third kappa shape index (κ3) is 11.5. The van der Waals surface area contributed by atoms with E-state index >= 15 is 0 Å². The van der Waals surface area contributed by atoms with Crippen LogP contribution in [-0.4, -0.2) is 0 Å². The van der Waals surface area contributed by atoms with Crippen molar-refractivity contribution in [2.45, 2.75) is 65.7 Å². The summed E-state index contributed by atoms with van der Waals surface area (Å²) in [6, 6.07) is 0. The minimum atomic E-state index is 1.20. The SMILES string of the molecule is CCCCCCC=CCCC=C(C)C. The third-order valence-electron chi connectivity index (χ3n) is 2.28. The molecule has 0 heteroatoms. The van der Waals surface area contributed by atoms with Gasteiger partial charge < -0.3 is 0 Å². The van der Waals surface area contributed by atoms with E-state index < -0.39 is 0 Å². The van der Waals surface area contributed by atoms with Gasteiger partial charge in [-0.05, 0) is 39.5 Å². The molecular weight excluding hydrogens is 168 g/mol. The van der Waals surface area contributed by atoms with Crippen molar-refractivity contribution in [1.82, 2.24) is 0 Å². The molecule has 0 aromatic rings. The molecule has 0 aromatic carbocycles. The summed E-state index contributed by atoms with van der Waals surface area (Å²) >= 11 is 0. The van der Waals surface area contributed by atoms with Gasteiger partial charge in [-0.25, -0.2) is 0 Å². The van der Waals surface area contributed by atoms with E-state index in [9.17, 15) is 0 Å².